The zero-order valence-electron chi connectivity index (χ0n) is 11.1. The van der Waals surface area contributed by atoms with Crippen LogP contribution >= 0.6 is 15.9 Å². The molecule has 6 heteroatoms. The van der Waals surface area contributed by atoms with E-state index in [1.807, 2.05) is 12.2 Å². The van der Waals surface area contributed by atoms with Crippen molar-refractivity contribution >= 4 is 33.7 Å². The van der Waals surface area contributed by atoms with Gasteiger partial charge < -0.3 is 0 Å². The predicted molar refractivity (Wildman–Crippen MR) is 78.8 cm³/mol. The van der Waals surface area contributed by atoms with Gasteiger partial charge in [0.25, 0.3) is 17.7 Å². The molecule has 2 atom stereocenters. The fraction of sp³-hybridized carbons (Fsp3) is 0.267. The summed E-state index contributed by atoms with van der Waals surface area (Å²) in [4.78, 5) is 36.7. The van der Waals surface area contributed by atoms with Crippen LogP contribution in [0.25, 0.3) is 0 Å². The maximum Gasteiger partial charge on any atom is 0.271 e. The van der Waals surface area contributed by atoms with Crippen molar-refractivity contribution in [3.05, 3.63) is 46.5 Å². The van der Waals surface area contributed by atoms with Gasteiger partial charge in [-0.15, -0.1) is 0 Å². The topological polar surface area (TPSA) is 66.5 Å². The van der Waals surface area contributed by atoms with Gasteiger partial charge in [-0.1, -0.05) is 24.3 Å². The minimum atomic E-state index is -0.476. The molecule has 2 unspecified atom stereocenters. The van der Waals surface area contributed by atoms with Crippen molar-refractivity contribution in [3.8, 4) is 0 Å². The Morgan fingerprint density at radius 2 is 1.67 bits per heavy atom. The second kappa shape index (κ2) is 5.44. The number of carbonyl (C=O) groups excluding carboxylic acids is 3. The highest BCUT2D eigenvalue weighted by Crippen LogP contribution is 2.34. The lowest BCUT2D eigenvalue weighted by molar-refractivity contribution is -0.142. The normalized spacial score (nSPS) is 24.1. The first-order chi connectivity index (χ1) is 10.1. The number of halogens is 1. The average Bonchev–Trinajstić information content (AvgIpc) is 2.73. The van der Waals surface area contributed by atoms with Crippen LogP contribution in [-0.4, -0.2) is 22.7 Å². The Morgan fingerprint density at radius 3 is 2.24 bits per heavy atom. The number of rotatable bonds is 2. The number of imide groups is 1. The van der Waals surface area contributed by atoms with Gasteiger partial charge in [-0.2, -0.15) is 5.01 Å². The summed E-state index contributed by atoms with van der Waals surface area (Å²) >= 11 is 3.28. The predicted octanol–water partition coefficient (Wildman–Crippen LogP) is 2.05. The Bertz CT molecular complexity index is 630. The summed E-state index contributed by atoms with van der Waals surface area (Å²) in [6, 6.07) is 6.86. The number of carbonyl (C=O) groups is 3. The highest BCUT2D eigenvalue weighted by Gasteiger charge is 2.48. The van der Waals surface area contributed by atoms with Crippen molar-refractivity contribution in [3.63, 3.8) is 0 Å². The van der Waals surface area contributed by atoms with Crippen LogP contribution in [0.3, 0.4) is 0 Å². The van der Waals surface area contributed by atoms with E-state index in [0.717, 1.165) is 5.01 Å². The van der Waals surface area contributed by atoms with Crippen molar-refractivity contribution in [2.24, 2.45) is 11.8 Å². The van der Waals surface area contributed by atoms with Gasteiger partial charge >= 0.3 is 0 Å². The quantitative estimate of drug-likeness (QED) is 0.656. The van der Waals surface area contributed by atoms with E-state index in [1.165, 1.54) is 0 Å². The monoisotopic (exact) mass is 348 g/mol. The molecule has 0 radical (unpaired) electrons. The molecule has 1 fully saturated rings. The summed E-state index contributed by atoms with van der Waals surface area (Å²) in [6.45, 7) is 0. The molecule has 1 saturated heterocycles. The maximum absolute atomic E-state index is 12.2. The van der Waals surface area contributed by atoms with Crippen molar-refractivity contribution in [2.75, 3.05) is 0 Å². The second-order valence-corrected chi connectivity index (χ2v) is 5.94. The van der Waals surface area contributed by atoms with E-state index in [0.29, 0.717) is 22.9 Å². The summed E-state index contributed by atoms with van der Waals surface area (Å²) in [5, 5.41) is 0.879. The molecule has 3 rings (SSSR count). The number of nitrogens with zero attached hydrogens (tertiary/aromatic N) is 1. The molecule has 1 heterocycles. The Hall–Kier alpha value is -1.95. The van der Waals surface area contributed by atoms with Crippen LogP contribution in [0, 0.1) is 11.8 Å². The third-order valence-corrected chi connectivity index (χ3v) is 4.53. The summed E-state index contributed by atoms with van der Waals surface area (Å²) in [5.74, 6) is -1.82. The zero-order valence-corrected chi connectivity index (χ0v) is 12.7. The molecule has 1 aromatic carbocycles. The van der Waals surface area contributed by atoms with E-state index < -0.39 is 5.91 Å². The van der Waals surface area contributed by atoms with Gasteiger partial charge in [0, 0.05) is 4.47 Å². The van der Waals surface area contributed by atoms with E-state index in [9.17, 15) is 14.4 Å². The van der Waals surface area contributed by atoms with Gasteiger partial charge in [0.1, 0.15) is 0 Å². The van der Waals surface area contributed by atoms with Crippen molar-refractivity contribution in [1.29, 1.82) is 0 Å². The van der Waals surface area contributed by atoms with Crippen molar-refractivity contribution in [2.45, 2.75) is 12.8 Å². The van der Waals surface area contributed by atoms with Crippen LogP contribution in [0.1, 0.15) is 23.2 Å². The van der Waals surface area contributed by atoms with E-state index in [-0.39, 0.29) is 23.7 Å². The standard InChI is InChI=1S/C15H13BrN2O3/c16-12-8-4-3-7-11(12)13(19)17-18-14(20)9-5-1-2-6-10(9)15(18)21/h1-4,7-10H,5-6H2,(H,17,19). The summed E-state index contributed by atoms with van der Waals surface area (Å²) < 4.78 is 0.612. The van der Waals surface area contributed by atoms with Gasteiger partial charge in [0.2, 0.25) is 0 Å². The highest BCUT2D eigenvalue weighted by atomic mass is 79.9. The molecule has 2 aliphatic rings. The second-order valence-electron chi connectivity index (χ2n) is 5.09. The molecule has 0 spiro atoms. The number of amides is 3. The minimum absolute atomic E-state index is 0.324. The molecule has 5 nitrogen and oxygen atoms in total. The van der Waals surface area contributed by atoms with Crippen molar-refractivity contribution < 1.29 is 14.4 Å². The lowest BCUT2D eigenvalue weighted by atomic mass is 9.85. The Morgan fingerprint density at radius 1 is 1.10 bits per heavy atom. The van der Waals surface area contributed by atoms with Crippen LogP contribution in [0.5, 0.6) is 0 Å². The molecule has 1 aromatic rings. The third-order valence-electron chi connectivity index (χ3n) is 3.84. The first kappa shape index (κ1) is 14.0. The Labute approximate surface area is 130 Å². The molecule has 0 bridgehead atoms. The smallest absolute Gasteiger partial charge is 0.271 e. The van der Waals surface area contributed by atoms with Gasteiger partial charge in [-0.05, 0) is 40.9 Å². The average molecular weight is 349 g/mol. The number of nitrogens with one attached hydrogen (secondary N) is 1. The zero-order chi connectivity index (χ0) is 15.0. The van der Waals surface area contributed by atoms with E-state index >= 15 is 0 Å². The van der Waals surface area contributed by atoms with Gasteiger partial charge in [-0.25, -0.2) is 0 Å². The first-order valence-electron chi connectivity index (χ1n) is 6.68. The lowest BCUT2D eigenvalue weighted by Crippen LogP contribution is -2.46. The maximum atomic E-state index is 12.2. The molecular formula is C15H13BrN2O3. The van der Waals surface area contributed by atoms with Gasteiger partial charge in [0.05, 0.1) is 17.4 Å². The Kier molecular flexibility index (Phi) is 3.63. The van der Waals surface area contributed by atoms with Crippen molar-refractivity contribution in [1.82, 2.24) is 10.4 Å². The highest BCUT2D eigenvalue weighted by molar-refractivity contribution is 9.10. The number of benzene rings is 1. The number of hydrazine groups is 1. The van der Waals surface area contributed by atoms with Gasteiger partial charge in [-0.3, -0.25) is 19.8 Å². The van der Waals surface area contributed by atoms with E-state index in [1.54, 1.807) is 24.3 Å². The SMILES string of the molecule is O=C(NN1C(=O)C2CC=CCC2C1=O)c1ccccc1Br. The summed E-state index contributed by atoms with van der Waals surface area (Å²) in [5.41, 5.74) is 2.81. The third kappa shape index (κ3) is 2.40. The molecular weight excluding hydrogens is 336 g/mol. The fourth-order valence-electron chi connectivity index (χ4n) is 2.72. The number of fused-ring (bicyclic) bond motifs is 1. The first-order valence-corrected chi connectivity index (χ1v) is 7.47. The van der Waals surface area contributed by atoms with Crippen LogP contribution < -0.4 is 5.43 Å². The molecule has 1 aliphatic heterocycles. The van der Waals surface area contributed by atoms with Crippen LogP contribution in [0.2, 0.25) is 0 Å². The number of hydrogen-bond acceptors (Lipinski definition) is 3. The van der Waals surface area contributed by atoms with Gasteiger partial charge in [0.15, 0.2) is 0 Å². The molecule has 3 amide bonds. The molecule has 1 N–H and O–H groups in total. The molecule has 108 valence electrons. The minimum Gasteiger partial charge on any atom is -0.272 e. The van der Waals surface area contributed by atoms with E-state index in [4.69, 9.17) is 0 Å². The molecule has 0 saturated carbocycles. The lowest BCUT2D eigenvalue weighted by Gasteiger charge is -2.16. The number of allylic oxidation sites excluding steroid dienone is 2. The summed E-state index contributed by atoms with van der Waals surface area (Å²) in [7, 11) is 0. The van der Waals surface area contributed by atoms with E-state index in [2.05, 4.69) is 21.4 Å². The number of hydrogen-bond donors (Lipinski definition) is 1. The van der Waals surface area contributed by atoms with Crippen LogP contribution in [0.15, 0.2) is 40.9 Å². The molecule has 0 aromatic heterocycles. The fourth-order valence-corrected chi connectivity index (χ4v) is 3.18. The molecule has 1 aliphatic carbocycles. The largest absolute Gasteiger partial charge is 0.272 e. The van der Waals surface area contributed by atoms with Crippen LogP contribution in [-0.2, 0) is 9.59 Å². The molecule has 21 heavy (non-hydrogen) atoms. The summed E-state index contributed by atoms with van der Waals surface area (Å²) in [6.07, 6.45) is 4.92. The van der Waals surface area contributed by atoms with Crippen LogP contribution in [0.4, 0.5) is 0 Å². The Balaban J connectivity index is 1.79.